The van der Waals surface area contributed by atoms with Crippen molar-refractivity contribution in [3.05, 3.63) is 29.3 Å². The maximum atomic E-state index is 6.31. The van der Waals surface area contributed by atoms with Crippen LogP contribution in [0.25, 0.3) is 0 Å². The summed E-state index contributed by atoms with van der Waals surface area (Å²) in [6, 6.07) is 6.20. The summed E-state index contributed by atoms with van der Waals surface area (Å²) >= 11 is 0. The van der Waals surface area contributed by atoms with Gasteiger partial charge in [0.2, 0.25) is 0 Å². The molecule has 0 saturated heterocycles. The van der Waals surface area contributed by atoms with Crippen molar-refractivity contribution in [3.63, 3.8) is 0 Å². The Kier molecular flexibility index (Phi) is 3.72. The van der Waals surface area contributed by atoms with Gasteiger partial charge in [0.25, 0.3) is 0 Å². The van der Waals surface area contributed by atoms with Crippen LogP contribution < -0.4 is 10.5 Å². The second-order valence-electron chi connectivity index (χ2n) is 5.37. The first kappa shape index (κ1) is 12.4. The van der Waals surface area contributed by atoms with Crippen LogP contribution >= 0.6 is 0 Å². The van der Waals surface area contributed by atoms with Crippen molar-refractivity contribution in [2.75, 3.05) is 6.61 Å². The molecule has 0 atom stereocenters. The van der Waals surface area contributed by atoms with E-state index in [4.69, 9.17) is 10.5 Å². The Morgan fingerprint density at radius 2 is 1.94 bits per heavy atom. The fourth-order valence-electron chi connectivity index (χ4n) is 2.57. The van der Waals surface area contributed by atoms with E-state index >= 15 is 0 Å². The minimum Gasteiger partial charge on any atom is -0.493 e. The number of benzene rings is 1. The largest absolute Gasteiger partial charge is 0.493 e. The van der Waals surface area contributed by atoms with Gasteiger partial charge >= 0.3 is 0 Å². The molecule has 17 heavy (non-hydrogen) atoms. The van der Waals surface area contributed by atoms with Crippen LogP contribution in [0.5, 0.6) is 5.75 Å². The third kappa shape index (κ3) is 3.01. The number of rotatable bonds is 4. The Morgan fingerprint density at radius 1 is 1.24 bits per heavy atom. The number of ether oxygens (including phenoxy) is 1. The van der Waals surface area contributed by atoms with Crippen LogP contribution in [-0.4, -0.2) is 12.1 Å². The third-order valence-corrected chi connectivity index (χ3v) is 4.01. The van der Waals surface area contributed by atoms with E-state index in [-0.39, 0.29) is 5.54 Å². The summed E-state index contributed by atoms with van der Waals surface area (Å²) < 4.78 is 5.86. The molecular formula is C15H23NO. The van der Waals surface area contributed by atoms with Gasteiger partial charge in [-0.25, -0.2) is 0 Å². The summed E-state index contributed by atoms with van der Waals surface area (Å²) in [5.74, 6) is 1.01. The molecule has 94 valence electrons. The fourth-order valence-corrected chi connectivity index (χ4v) is 2.57. The second kappa shape index (κ2) is 5.09. The van der Waals surface area contributed by atoms with E-state index in [1.807, 2.05) is 12.1 Å². The Balaban J connectivity index is 1.88. The molecule has 2 nitrogen and oxygen atoms in total. The van der Waals surface area contributed by atoms with Crippen molar-refractivity contribution in [2.45, 2.75) is 51.5 Å². The molecule has 0 radical (unpaired) electrons. The average Bonchev–Trinajstić information content (AvgIpc) is 2.72. The maximum absolute atomic E-state index is 6.31. The molecule has 1 aliphatic rings. The lowest BCUT2D eigenvalue weighted by molar-refractivity contribution is 0.257. The number of hydrogen-bond acceptors (Lipinski definition) is 2. The van der Waals surface area contributed by atoms with E-state index in [2.05, 4.69) is 19.9 Å². The molecule has 1 aromatic carbocycles. The predicted molar refractivity (Wildman–Crippen MR) is 71.4 cm³/mol. The van der Waals surface area contributed by atoms with E-state index in [0.29, 0.717) is 0 Å². The minimum atomic E-state index is 0.0394. The normalized spacial score (nSPS) is 18.3. The van der Waals surface area contributed by atoms with Crippen LogP contribution in [0.15, 0.2) is 18.2 Å². The molecule has 1 fully saturated rings. The first-order chi connectivity index (χ1) is 8.11. The van der Waals surface area contributed by atoms with Crippen molar-refractivity contribution in [1.82, 2.24) is 0 Å². The maximum Gasteiger partial charge on any atom is 0.122 e. The van der Waals surface area contributed by atoms with Crippen LogP contribution in [0.4, 0.5) is 0 Å². The van der Waals surface area contributed by atoms with Gasteiger partial charge in [-0.3, -0.25) is 0 Å². The molecule has 0 bridgehead atoms. The van der Waals surface area contributed by atoms with Crippen molar-refractivity contribution in [3.8, 4) is 5.75 Å². The summed E-state index contributed by atoms with van der Waals surface area (Å²) in [7, 11) is 0. The number of nitrogens with two attached hydrogens (primary N) is 1. The van der Waals surface area contributed by atoms with E-state index in [9.17, 15) is 0 Å². The molecule has 2 rings (SSSR count). The molecular weight excluding hydrogens is 210 g/mol. The first-order valence-electron chi connectivity index (χ1n) is 6.59. The molecule has 0 aromatic heterocycles. The highest BCUT2D eigenvalue weighted by molar-refractivity contribution is 5.38. The minimum absolute atomic E-state index is 0.0394. The summed E-state index contributed by atoms with van der Waals surface area (Å²) in [6.07, 6.45) is 5.84. The summed E-state index contributed by atoms with van der Waals surface area (Å²) in [5, 5.41) is 0. The van der Waals surface area contributed by atoms with Crippen molar-refractivity contribution < 1.29 is 4.74 Å². The van der Waals surface area contributed by atoms with E-state index in [1.54, 1.807) is 0 Å². The highest BCUT2D eigenvalue weighted by Gasteiger charge is 2.28. The van der Waals surface area contributed by atoms with E-state index in [0.717, 1.165) is 31.6 Å². The van der Waals surface area contributed by atoms with Crippen LogP contribution in [-0.2, 0) is 0 Å². The monoisotopic (exact) mass is 233 g/mol. The van der Waals surface area contributed by atoms with Crippen molar-refractivity contribution in [2.24, 2.45) is 5.73 Å². The van der Waals surface area contributed by atoms with Crippen molar-refractivity contribution in [1.29, 1.82) is 0 Å². The van der Waals surface area contributed by atoms with Gasteiger partial charge in [0, 0.05) is 5.54 Å². The van der Waals surface area contributed by atoms with Crippen LogP contribution in [0.2, 0.25) is 0 Å². The Hall–Kier alpha value is -1.02. The quantitative estimate of drug-likeness (QED) is 0.865. The zero-order chi connectivity index (χ0) is 12.3. The number of aryl methyl sites for hydroxylation is 1. The van der Waals surface area contributed by atoms with Crippen LogP contribution in [0, 0.1) is 13.8 Å². The highest BCUT2D eigenvalue weighted by Crippen LogP contribution is 2.30. The van der Waals surface area contributed by atoms with Gasteiger partial charge in [0.05, 0.1) is 6.61 Å². The first-order valence-corrected chi connectivity index (χ1v) is 6.59. The standard InChI is InChI=1S/C15H23NO/c1-12-6-5-7-14(13(12)2)17-11-10-15(16)8-3-4-9-15/h5-7H,3-4,8-11,16H2,1-2H3. The average molecular weight is 233 g/mol. The smallest absolute Gasteiger partial charge is 0.122 e. The summed E-state index contributed by atoms with van der Waals surface area (Å²) in [4.78, 5) is 0. The molecule has 0 heterocycles. The molecule has 0 amide bonds. The topological polar surface area (TPSA) is 35.2 Å². The van der Waals surface area contributed by atoms with Crippen LogP contribution in [0.1, 0.15) is 43.2 Å². The lowest BCUT2D eigenvalue weighted by atomic mass is 9.95. The van der Waals surface area contributed by atoms with Gasteiger partial charge in [-0.1, -0.05) is 25.0 Å². The van der Waals surface area contributed by atoms with Gasteiger partial charge in [-0.15, -0.1) is 0 Å². The van der Waals surface area contributed by atoms with Gasteiger partial charge in [-0.2, -0.15) is 0 Å². The van der Waals surface area contributed by atoms with Gasteiger partial charge in [-0.05, 0) is 50.3 Å². The lowest BCUT2D eigenvalue weighted by Crippen LogP contribution is -2.37. The Bertz CT molecular complexity index is 381. The highest BCUT2D eigenvalue weighted by atomic mass is 16.5. The van der Waals surface area contributed by atoms with Crippen LogP contribution in [0.3, 0.4) is 0 Å². The van der Waals surface area contributed by atoms with E-state index < -0.39 is 0 Å². The molecule has 2 N–H and O–H groups in total. The van der Waals surface area contributed by atoms with Crippen molar-refractivity contribution >= 4 is 0 Å². The molecule has 2 heteroatoms. The molecule has 0 spiro atoms. The third-order valence-electron chi connectivity index (χ3n) is 4.01. The number of hydrogen-bond donors (Lipinski definition) is 1. The summed E-state index contributed by atoms with van der Waals surface area (Å²) in [5.41, 5.74) is 8.87. The molecule has 0 unspecified atom stereocenters. The van der Waals surface area contributed by atoms with Gasteiger partial charge < -0.3 is 10.5 Å². The molecule has 0 aliphatic heterocycles. The zero-order valence-corrected chi connectivity index (χ0v) is 11.0. The lowest BCUT2D eigenvalue weighted by Gasteiger charge is -2.23. The SMILES string of the molecule is Cc1cccc(OCCC2(N)CCCC2)c1C. The second-order valence-corrected chi connectivity index (χ2v) is 5.37. The zero-order valence-electron chi connectivity index (χ0n) is 11.0. The molecule has 1 aromatic rings. The molecule has 1 aliphatic carbocycles. The predicted octanol–water partition coefficient (Wildman–Crippen LogP) is 3.34. The Labute approximate surface area is 104 Å². The van der Waals surface area contributed by atoms with E-state index in [1.165, 1.54) is 24.0 Å². The summed E-state index contributed by atoms with van der Waals surface area (Å²) in [6.45, 7) is 4.96. The van der Waals surface area contributed by atoms with Gasteiger partial charge in [0.1, 0.15) is 5.75 Å². The fraction of sp³-hybridized carbons (Fsp3) is 0.600. The Morgan fingerprint density at radius 3 is 2.65 bits per heavy atom. The van der Waals surface area contributed by atoms with Gasteiger partial charge in [0.15, 0.2) is 0 Å². The molecule has 1 saturated carbocycles.